The van der Waals surface area contributed by atoms with Gasteiger partial charge in [-0.3, -0.25) is 0 Å². The molecule has 0 aliphatic carbocycles. The number of hydrogen-bond acceptors (Lipinski definition) is 3. The number of anilines is 1. The van der Waals surface area contributed by atoms with Crippen molar-refractivity contribution in [3.8, 4) is 5.75 Å². The molecule has 0 unspecified atom stereocenters. The van der Waals surface area contributed by atoms with Gasteiger partial charge >= 0.3 is 0 Å². The Morgan fingerprint density at radius 2 is 2.05 bits per heavy atom. The van der Waals surface area contributed by atoms with Crippen LogP contribution in [0.15, 0.2) is 18.2 Å². The maximum atomic E-state index is 5.98. The Morgan fingerprint density at radius 3 is 2.95 bits per heavy atom. The van der Waals surface area contributed by atoms with E-state index in [1.54, 1.807) is 0 Å². The highest BCUT2D eigenvalue weighted by Crippen LogP contribution is 2.31. The van der Waals surface area contributed by atoms with Gasteiger partial charge in [0.2, 0.25) is 0 Å². The molecule has 0 aromatic heterocycles. The fourth-order valence-electron chi connectivity index (χ4n) is 3.07. The number of ether oxygens (including phenoxy) is 1. The predicted molar refractivity (Wildman–Crippen MR) is 79.0 cm³/mol. The summed E-state index contributed by atoms with van der Waals surface area (Å²) in [6.07, 6.45) is 6.27. The first kappa shape index (κ1) is 12.8. The van der Waals surface area contributed by atoms with E-state index in [1.165, 1.54) is 56.6 Å². The summed E-state index contributed by atoms with van der Waals surface area (Å²) in [5, 5.41) is 3.48. The summed E-state index contributed by atoms with van der Waals surface area (Å²) in [6.45, 7) is 5.64. The fraction of sp³-hybridized carbons (Fsp3) is 0.625. The van der Waals surface area contributed by atoms with Crippen LogP contribution in [0.1, 0.15) is 31.2 Å². The van der Waals surface area contributed by atoms with E-state index in [0.717, 1.165) is 25.3 Å². The highest BCUT2D eigenvalue weighted by molar-refractivity contribution is 5.63. The summed E-state index contributed by atoms with van der Waals surface area (Å²) in [6, 6.07) is 6.41. The minimum atomic E-state index is 0.828. The van der Waals surface area contributed by atoms with E-state index < -0.39 is 0 Å². The monoisotopic (exact) mass is 260 g/mol. The van der Waals surface area contributed by atoms with Crippen LogP contribution in [0.25, 0.3) is 0 Å². The Balaban J connectivity index is 1.49. The van der Waals surface area contributed by atoms with Crippen molar-refractivity contribution >= 4 is 5.69 Å². The SMILES string of the molecule is c1cc2c(c(OCCCN3CCCC3)c1)NCCC2. The van der Waals surface area contributed by atoms with Crippen molar-refractivity contribution in [2.24, 2.45) is 0 Å². The molecule has 1 aromatic carbocycles. The van der Waals surface area contributed by atoms with Gasteiger partial charge in [-0.15, -0.1) is 0 Å². The van der Waals surface area contributed by atoms with Gasteiger partial charge in [0.15, 0.2) is 0 Å². The van der Waals surface area contributed by atoms with Crippen molar-refractivity contribution in [3.05, 3.63) is 23.8 Å². The smallest absolute Gasteiger partial charge is 0.142 e. The summed E-state index contributed by atoms with van der Waals surface area (Å²) in [5.41, 5.74) is 2.64. The molecule has 104 valence electrons. The molecular formula is C16H24N2O. The van der Waals surface area contributed by atoms with E-state index in [1.807, 2.05) is 0 Å². The number of likely N-dealkylation sites (tertiary alicyclic amines) is 1. The van der Waals surface area contributed by atoms with Crippen LogP contribution in [-0.4, -0.2) is 37.7 Å². The summed E-state index contributed by atoms with van der Waals surface area (Å²) < 4.78 is 5.98. The zero-order valence-corrected chi connectivity index (χ0v) is 11.7. The van der Waals surface area contributed by atoms with E-state index in [-0.39, 0.29) is 0 Å². The molecule has 2 aliphatic heterocycles. The lowest BCUT2D eigenvalue weighted by molar-refractivity contribution is 0.264. The van der Waals surface area contributed by atoms with Gasteiger partial charge in [0.1, 0.15) is 5.75 Å². The van der Waals surface area contributed by atoms with Gasteiger partial charge in [0.25, 0.3) is 0 Å². The van der Waals surface area contributed by atoms with Crippen molar-refractivity contribution in [3.63, 3.8) is 0 Å². The Labute approximate surface area is 115 Å². The fourth-order valence-corrected chi connectivity index (χ4v) is 3.07. The molecule has 0 bridgehead atoms. The normalized spacial score (nSPS) is 18.9. The quantitative estimate of drug-likeness (QED) is 0.824. The molecular weight excluding hydrogens is 236 g/mol. The van der Waals surface area contributed by atoms with E-state index in [4.69, 9.17) is 4.74 Å². The zero-order chi connectivity index (χ0) is 12.9. The van der Waals surface area contributed by atoms with Crippen molar-refractivity contribution in [2.75, 3.05) is 38.1 Å². The molecule has 1 fully saturated rings. The van der Waals surface area contributed by atoms with Gasteiger partial charge in [-0.2, -0.15) is 0 Å². The molecule has 1 saturated heterocycles. The first-order valence-corrected chi connectivity index (χ1v) is 7.64. The van der Waals surface area contributed by atoms with Gasteiger partial charge in [0, 0.05) is 13.1 Å². The molecule has 1 aromatic rings. The molecule has 2 aliphatic rings. The van der Waals surface area contributed by atoms with Crippen molar-refractivity contribution < 1.29 is 4.74 Å². The summed E-state index contributed by atoms with van der Waals surface area (Å²) in [5.74, 6) is 1.04. The second kappa shape index (κ2) is 6.29. The molecule has 0 saturated carbocycles. The summed E-state index contributed by atoms with van der Waals surface area (Å²) in [4.78, 5) is 2.54. The standard InChI is InChI=1S/C16H24N2O/c1-2-11-18(10-1)12-5-13-19-15-8-3-6-14-7-4-9-17-16(14)15/h3,6,8,17H,1-2,4-5,7,9-13H2. The van der Waals surface area contributed by atoms with Crippen molar-refractivity contribution in [1.29, 1.82) is 0 Å². The predicted octanol–water partition coefficient (Wildman–Crippen LogP) is 2.91. The number of nitrogens with zero attached hydrogens (tertiary/aromatic N) is 1. The minimum Gasteiger partial charge on any atom is -0.491 e. The number of hydrogen-bond donors (Lipinski definition) is 1. The average Bonchev–Trinajstić information content (AvgIpc) is 2.97. The molecule has 0 amide bonds. The van der Waals surface area contributed by atoms with E-state index in [9.17, 15) is 0 Å². The molecule has 19 heavy (non-hydrogen) atoms. The van der Waals surface area contributed by atoms with Crippen molar-refractivity contribution in [2.45, 2.75) is 32.1 Å². The van der Waals surface area contributed by atoms with Gasteiger partial charge in [-0.1, -0.05) is 12.1 Å². The lowest BCUT2D eigenvalue weighted by Crippen LogP contribution is -2.22. The first-order chi connectivity index (χ1) is 9.43. The molecule has 3 rings (SSSR count). The third-order valence-electron chi connectivity index (χ3n) is 4.11. The Hall–Kier alpha value is -1.22. The summed E-state index contributed by atoms with van der Waals surface area (Å²) >= 11 is 0. The van der Waals surface area contributed by atoms with Crippen LogP contribution in [0.4, 0.5) is 5.69 Å². The highest BCUT2D eigenvalue weighted by atomic mass is 16.5. The van der Waals surface area contributed by atoms with Crippen LogP contribution in [0.2, 0.25) is 0 Å². The van der Waals surface area contributed by atoms with Crippen LogP contribution in [-0.2, 0) is 6.42 Å². The van der Waals surface area contributed by atoms with Crippen LogP contribution < -0.4 is 10.1 Å². The number of nitrogens with one attached hydrogen (secondary N) is 1. The van der Waals surface area contributed by atoms with E-state index in [0.29, 0.717) is 0 Å². The number of fused-ring (bicyclic) bond motifs is 1. The number of para-hydroxylation sites is 1. The number of aryl methyl sites for hydroxylation is 1. The van der Waals surface area contributed by atoms with E-state index in [2.05, 4.69) is 28.4 Å². The second-order valence-electron chi connectivity index (χ2n) is 5.57. The maximum absolute atomic E-state index is 5.98. The third-order valence-corrected chi connectivity index (χ3v) is 4.11. The minimum absolute atomic E-state index is 0.828. The molecule has 0 spiro atoms. The number of benzene rings is 1. The average molecular weight is 260 g/mol. The molecule has 3 nitrogen and oxygen atoms in total. The molecule has 3 heteroatoms. The molecule has 2 heterocycles. The van der Waals surface area contributed by atoms with E-state index >= 15 is 0 Å². The molecule has 0 atom stereocenters. The second-order valence-corrected chi connectivity index (χ2v) is 5.57. The lowest BCUT2D eigenvalue weighted by atomic mass is 10.0. The van der Waals surface area contributed by atoms with Crippen LogP contribution in [0.5, 0.6) is 5.75 Å². The van der Waals surface area contributed by atoms with Gasteiger partial charge in [-0.25, -0.2) is 0 Å². The Bertz CT molecular complexity index is 413. The van der Waals surface area contributed by atoms with Gasteiger partial charge in [0.05, 0.1) is 12.3 Å². The molecule has 0 radical (unpaired) electrons. The van der Waals surface area contributed by atoms with Crippen LogP contribution in [0.3, 0.4) is 0 Å². The first-order valence-electron chi connectivity index (χ1n) is 7.64. The van der Waals surface area contributed by atoms with Gasteiger partial charge in [-0.05, 0) is 56.8 Å². The van der Waals surface area contributed by atoms with Crippen LogP contribution >= 0.6 is 0 Å². The number of rotatable bonds is 5. The maximum Gasteiger partial charge on any atom is 0.142 e. The Kier molecular flexibility index (Phi) is 4.23. The third kappa shape index (κ3) is 3.21. The van der Waals surface area contributed by atoms with Crippen LogP contribution in [0, 0.1) is 0 Å². The highest BCUT2D eigenvalue weighted by Gasteiger charge is 2.14. The summed E-state index contributed by atoms with van der Waals surface area (Å²) in [7, 11) is 0. The molecule has 1 N–H and O–H groups in total. The van der Waals surface area contributed by atoms with Gasteiger partial charge < -0.3 is 15.0 Å². The Morgan fingerprint density at radius 1 is 1.16 bits per heavy atom. The van der Waals surface area contributed by atoms with Crippen molar-refractivity contribution in [1.82, 2.24) is 4.90 Å². The topological polar surface area (TPSA) is 24.5 Å². The lowest BCUT2D eigenvalue weighted by Gasteiger charge is -2.21. The zero-order valence-electron chi connectivity index (χ0n) is 11.7. The largest absolute Gasteiger partial charge is 0.491 e.